The number of rotatable bonds is 4. The van der Waals surface area contributed by atoms with Crippen molar-refractivity contribution in [3.05, 3.63) is 29.6 Å². The number of nitrogens with zero attached hydrogens (tertiary/aromatic N) is 2. The van der Waals surface area contributed by atoms with Crippen molar-refractivity contribution in [2.75, 3.05) is 44.3 Å². The Bertz CT molecular complexity index is 679. The van der Waals surface area contributed by atoms with Gasteiger partial charge in [-0.1, -0.05) is 6.07 Å². The highest BCUT2D eigenvalue weighted by molar-refractivity contribution is 7.88. The van der Waals surface area contributed by atoms with E-state index in [0.29, 0.717) is 43.9 Å². The summed E-state index contributed by atoms with van der Waals surface area (Å²) in [5, 5.41) is 2.67. The van der Waals surface area contributed by atoms with Crippen molar-refractivity contribution < 1.29 is 17.6 Å². The molecular formula is C15H22FN3O3S. The molecule has 1 heterocycles. The van der Waals surface area contributed by atoms with Crippen LogP contribution in [0.1, 0.15) is 12.0 Å². The molecule has 2 rings (SSSR count). The van der Waals surface area contributed by atoms with Crippen LogP contribution in [0.2, 0.25) is 0 Å². The lowest BCUT2D eigenvalue weighted by atomic mass is 10.2. The molecule has 0 aliphatic carbocycles. The van der Waals surface area contributed by atoms with Gasteiger partial charge in [0.1, 0.15) is 5.82 Å². The highest BCUT2D eigenvalue weighted by Gasteiger charge is 2.22. The fourth-order valence-electron chi connectivity index (χ4n) is 2.51. The van der Waals surface area contributed by atoms with E-state index in [0.717, 1.165) is 0 Å². The maximum atomic E-state index is 13.5. The third-order valence-electron chi connectivity index (χ3n) is 3.84. The van der Waals surface area contributed by atoms with Gasteiger partial charge in [-0.2, -0.15) is 0 Å². The number of benzene rings is 1. The molecule has 8 heteroatoms. The first-order valence-electron chi connectivity index (χ1n) is 7.49. The van der Waals surface area contributed by atoms with Crippen LogP contribution in [-0.2, 0) is 14.8 Å². The maximum Gasteiger partial charge on any atom is 0.238 e. The van der Waals surface area contributed by atoms with Gasteiger partial charge in [-0.25, -0.2) is 17.1 Å². The second-order valence-electron chi connectivity index (χ2n) is 5.80. The number of amides is 1. The Morgan fingerprint density at radius 1 is 1.26 bits per heavy atom. The van der Waals surface area contributed by atoms with Gasteiger partial charge in [0.2, 0.25) is 15.9 Å². The van der Waals surface area contributed by atoms with Crippen molar-refractivity contribution in [2.45, 2.75) is 13.3 Å². The molecule has 0 spiro atoms. The fourth-order valence-corrected chi connectivity index (χ4v) is 3.39. The number of carbonyl (C=O) groups excluding carboxylic acids is 1. The Morgan fingerprint density at radius 3 is 2.65 bits per heavy atom. The second kappa shape index (κ2) is 7.37. The first kappa shape index (κ1) is 17.8. The first-order chi connectivity index (χ1) is 10.8. The third kappa shape index (κ3) is 5.26. The number of hydrogen-bond donors (Lipinski definition) is 1. The van der Waals surface area contributed by atoms with Crippen LogP contribution in [0.4, 0.5) is 10.1 Å². The van der Waals surface area contributed by atoms with Crippen molar-refractivity contribution in [3.63, 3.8) is 0 Å². The zero-order valence-corrected chi connectivity index (χ0v) is 14.2. The summed E-state index contributed by atoms with van der Waals surface area (Å²) in [5.74, 6) is -0.595. The van der Waals surface area contributed by atoms with E-state index in [9.17, 15) is 17.6 Å². The topological polar surface area (TPSA) is 69.7 Å². The van der Waals surface area contributed by atoms with Crippen molar-refractivity contribution in [3.8, 4) is 0 Å². The first-order valence-corrected chi connectivity index (χ1v) is 9.34. The van der Waals surface area contributed by atoms with Gasteiger partial charge < -0.3 is 5.32 Å². The summed E-state index contributed by atoms with van der Waals surface area (Å²) in [6, 6.07) is 4.56. The van der Waals surface area contributed by atoms with E-state index in [1.165, 1.54) is 16.6 Å². The summed E-state index contributed by atoms with van der Waals surface area (Å²) in [6.45, 7) is 3.83. The smallest absolute Gasteiger partial charge is 0.238 e. The van der Waals surface area contributed by atoms with Crippen LogP contribution in [0, 0.1) is 12.7 Å². The second-order valence-corrected chi connectivity index (χ2v) is 7.79. The molecule has 1 aromatic rings. The molecule has 1 N–H and O–H groups in total. The van der Waals surface area contributed by atoms with Gasteiger partial charge >= 0.3 is 0 Å². The molecule has 128 valence electrons. The zero-order chi connectivity index (χ0) is 17.0. The zero-order valence-electron chi connectivity index (χ0n) is 13.4. The lowest BCUT2D eigenvalue weighted by Crippen LogP contribution is -2.37. The average Bonchev–Trinajstić information content (AvgIpc) is 2.68. The van der Waals surface area contributed by atoms with E-state index >= 15 is 0 Å². The number of carbonyl (C=O) groups is 1. The van der Waals surface area contributed by atoms with Gasteiger partial charge in [0, 0.05) is 25.3 Å². The van der Waals surface area contributed by atoms with Crippen molar-refractivity contribution in [1.29, 1.82) is 0 Å². The van der Waals surface area contributed by atoms with E-state index in [1.54, 1.807) is 19.1 Å². The molecule has 0 bridgehead atoms. The van der Waals surface area contributed by atoms with Gasteiger partial charge in [0.15, 0.2) is 0 Å². The molecule has 1 amide bonds. The molecule has 23 heavy (non-hydrogen) atoms. The van der Waals surface area contributed by atoms with Crippen LogP contribution in [0.25, 0.3) is 0 Å². The highest BCUT2D eigenvalue weighted by Crippen LogP contribution is 2.14. The highest BCUT2D eigenvalue weighted by atomic mass is 32.2. The van der Waals surface area contributed by atoms with Crippen LogP contribution in [-0.4, -0.2) is 62.5 Å². The lowest BCUT2D eigenvalue weighted by Gasteiger charge is -2.20. The summed E-state index contributed by atoms with van der Waals surface area (Å²) >= 11 is 0. The monoisotopic (exact) mass is 343 g/mol. The summed E-state index contributed by atoms with van der Waals surface area (Å²) in [7, 11) is -3.19. The molecule has 1 saturated heterocycles. The molecule has 6 nitrogen and oxygen atoms in total. The largest absolute Gasteiger partial charge is 0.325 e. The molecule has 0 unspecified atom stereocenters. The lowest BCUT2D eigenvalue weighted by molar-refractivity contribution is -0.117. The van der Waals surface area contributed by atoms with Gasteiger partial charge in [-0.15, -0.1) is 0 Å². The average molecular weight is 343 g/mol. The SMILES string of the molecule is Cc1ccc(NC(=O)CN2CCCN(S(C)(=O)=O)CC2)cc1F. The van der Waals surface area contributed by atoms with E-state index in [-0.39, 0.29) is 18.3 Å². The maximum absolute atomic E-state index is 13.5. The molecule has 0 radical (unpaired) electrons. The van der Waals surface area contributed by atoms with E-state index in [4.69, 9.17) is 0 Å². The predicted molar refractivity (Wildman–Crippen MR) is 87.2 cm³/mol. The van der Waals surface area contributed by atoms with Crippen LogP contribution in [0.15, 0.2) is 18.2 Å². The Kier molecular flexibility index (Phi) is 5.72. The molecule has 1 aliphatic heterocycles. The molecule has 1 aliphatic rings. The Hall–Kier alpha value is -1.51. The van der Waals surface area contributed by atoms with Crippen LogP contribution in [0.3, 0.4) is 0 Å². The summed E-state index contributed by atoms with van der Waals surface area (Å²) in [5.41, 5.74) is 0.946. The molecule has 1 fully saturated rings. The van der Waals surface area contributed by atoms with E-state index in [2.05, 4.69) is 5.32 Å². The van der Waals surface area contributed by atoms with Crippen LogP contribution >= 0.6 is 0 Å². The number of anilines is 1. The molecule has 0 aromatic heterocycles. The summed E-state index contributed by atoms with van der Waals surface area (Å²) < 4.78 is 38.0. The minimum atomic E-state index is -3.19. The van der Waals surface area contributed by atoms with E-state index in [1.807, 2.05) is 4.90 Å². The quantitative estimate of drug-likeness (QED) is 0.887. The number of nitrogens with one attached hydrogen (secondary N) is 1. The minimum absolute atomic E-state index is 0.160. The minimum Gasteiger partial charge on any atom is -0.325 e. The third-order valence-corrected chi connectivity index (χ3v) is 5.14. The van der Waals surface area contributed by atoms with Crippen molar-refractivity contribution in [2.24, 2.45) is 0 Å². The van der Waals surface area contributed by atoms with Gasteiger partial charge in [0.05, 0.1) is 12.8 Å². The van der Waals surface area contributed by atoms with Crippen molar-refractivity contribution >= 4 is 21.6 Å². The number of aryl methyl sites for hydroxylation is 1. The van der Waals surface area contributed by atoms with E-state index < -0.39 is 10.0 Å². The summed E-state index contributed by atoms with van der Waals surface area (Å²) in [6.07, 6.45) is 1.88. The van der Waals surface area contributed by atoms with Gasteiger partial charge in [0.25, 0.3) is 0 Å². The predicted octanol–water partition coefficient (Wildman–Crippen LogP) is 1.04. The van der Waals surface area contributed by atoms with Gasteiger partial charge in [-0.3, -0.25) is 9.69 Å². The molecule has 0 atom stereocenters. The van der Waals surface area contributed by atoms with Crippen LogP contribution < -0.4 is 5.32 Å². The Balaban J connectivity index is 1.89. The Labute approximate surface area is 136 Å². The Morgan fingerprint density at radius 2 is 2.00 bits per heavy atom. The fraction of sp³-hybridized carbons (Fsp3) is 0.533. The normalized spacial score (nSPS) is 17.7. The number of hydrogen-bond acceptors (Lipinski definition) is 4. The van der Waals surface area contributed by atoms with Crippen molar-refractivity contribution in [1.82, 2.24) is 9.21 Å². The molecule has 0 saturated carbocycles. The summed E-state index contributed by atoms with van der Waals surface area (Å²) in [4.78, 5) is 14.0. The molecule has 1 aromatic carbocycles. The van der Waals surface area contributed by atoms with Gasteiger partial charge in [-0.05, 0) is 37.6 Å². The van der Waals surface area contributed by atoms with Crippen LogP contribution in [0.5, 0.6) is 0 Å². The standard InChI is InChI=1S/C15H22FN3O3S/c1-12-4-5-13(10-14(12)16)17-15(20)11-18-6-3-7-19(9-8-18)23(2,21)22/h4-5,10H,3,6-9,11H2,1-2H3,(H,17,20). The number of halogens is 1. The number of sulfonamides is 1. The molecular weight excluding hydrogens is 321 g/mol.